The number of carbonyl (C=O) groups is 1. The van der Waals surface area contributed by atoms with Gasteiger partial charge in [-0.05, 0) is 29.5 Å². The van der Waals surface area contributed by atoms with Crippen LogP contribution in [0.3, 0.4) is 0 Å². The molecule has 0 aromatic heterocycles. The van der Waals surface area contributed by atoms with Crippen LogP contribution in [0.25, 0.3) is 5.57 Å². The van der Waals surface area contributed by atoms with E-state index in [9.17, 15) is 4.79 Å². The number of aryl methyl sites for hydroxylation is 1. The van der Waals surface area contributed by atoms with Crippen molar-refractivity contribution in [3.8, 4) is 0 Å². The van der Waals surface area contributed by atoms with Crippen molar-refractivity contribution in [2.45, 2.75) is 45.4 Å². The first kappa shape index (κ1) is 19.0. The molecule has 2 aromatic rings. The van der Waals surface area contributed by atoms with Gasteiger partial charge in [0.1, 0.15) is 0 Å². The molecule has 2 heteroatoms. The Labute approximate surface area is 152 Å². The molecule has 0 saturated heterocycles. The number of allylic oxidation sites excluding steroid dienone is 1. The molecular formula is C23H29NO. The van der Waals surface area contributed by atoms with Crippen molar-refractivity contribution in [2.24, 2.45) is 0 Å². The van der Waals surface area contributed by atoms with Crippen LogP contribution < -0.4 is 5.32 Å². The fourth-order valence-electron chi connectivity index (χ4n) is 3.00. The lowest BCUT2D eigenvalue weighted by atomic mass is 9.95. The van der Waals surface area contributed by atoms with Gasteiger partial charge < -0.3 is 5.32 Å². The zero-order chi connectivity index (χ0) is 17.9. The van der Waals surface area contributed by atoms with Gasteiger partial charge >= 0.3 is 0 Å². The highest BCUT2D eigenvalue weighted by molar-refractivity contribution is 6.21. The van der Waals surface area contributed by atoms with Crippen molar-refractivity contribution in [3.05, 3.63) is 77.5 Å². The van der Waals surface area contributed by atoms with Gasteiger partial charge in [0.25, 0.3) is 0 Å². The highest BCUT2D eigenvalue weighted by Gasteiger charge is 2.13. The lowest BCUT2D eigenvalue weighted by Crippen LogP contribution is -2.09. The van der Waals surface area contributed by atoms with E-state index < -0.39 is 0 Å². The molecule has 0 spiro atoms. The first-order valence-electron chi connectivity index (χ1n) is 9.28. The SMILES string of the molecule is CCCCCCc1cccc(C(=CNC)C(=O)Cc2ccccc2)c1. The largest absolute Gasteiger partial charge is 0.393 e. The maximum absolute atomic E-state index is 12.8. The Morgan fingerprint density at radius 1 is 0.960 bits per heavy atom. The summed E-state index contributed by atoms with van der Waals surface area (Å²) in [6, 6.07) is 18.3. The number of ketones is 1. The second-order valence-electron chi connectivity index (χ2n) is 6.44. The number of hydrogen-bond acceptors (Lipinski definition) is 2. The average molecular weight is 335 g/mol. The molecule has 2 rings (SSSR count). The summed E-state index contributed by atoms with van der Waals surface area (Å²) in [6.45, 7) is 2.23. The van der Waals surface area contributed by atoms with Gasteiger partial charge in [-0.25, -0.2) is 0 Å². The summed E-state index contributed by atoms with van der Waals surface area (Å²) < 4.78 is 0. The minimum atomic E-state index is 0.142. The van der Waals surface area contributed by atoms with Crippen LogP contribution in [0.15, 0.2) is 60.8 Å². The predicted octanol–water partition coefficient (Wildman–Crippen LogP) is 5.18. The number of hydrogen-bond donors (Lipinski definition) is 1. The molecule has 0 heterocycles. The molecule has 0 amide bonds. The Hall–Kier alpha value is -2.35. The van der Waals surface area contributed by atoms with Crippen LogP contribution in [0.5, 0.6) is 0 Å². The number of benzene rings is 2. The highest BCUT2D eigenvalue weighted by Crippen LogP contribution is 2.20. The minimum absolute atomic E-state index is 0.142. The maximum Gasteiger partial charge on any atom is 0.169 e. The number of rotatable bonds is 10. The summed E-state index contributed by atoms with van der Waals surface area (Å²) in [4.78, 5) is 12.8. The van der Waals surface area contributed by atoms with Crippen molar-refractivity contribution in [2.75, 3.05) is 7.05 Å². The average Bonchev–Trinajstić information content (AvgIpc) is 2.64. The normalized spacial score (nSPS) is 11.4. The van der Waals surface area contributed by atoms with Gasteiger partial charge in [-0.15, -0.1) is 0 Å². The number of Topliss-reactive ketones (excluding diaryl/α,β-unsaturated/α-hetero) is 1. The summed E-state index contributed by atoms with van der Waals surface area (Å²) >= 11 is 0. The van der Waals surface area contributed by atoms with Crippen LogP contribution in [0.2, 0.25) is 0 Å². The van der Waals surface area contributed by atoms with Gasteiger partial charge in [0.05, 0.1) is 0 Å². The van der Waals surface area contributed by atoms with Gasteiger partial charge in [0, 0.05) is 25.2 Å². The zero-order valence-electron chi connectivity index (χ0n) is 15.4. The van der Waals surface area contributed by atoms with Crippen LogP contribution in [0, 0.1) is 0 Å². The van der Waals surface area contributed by atoms with E-state index in [1.54, 1.807) is 0 Å². The van der Waals surface area contributed by atoms with E-state index in [2.05, 4.69) is 30.4 Å². The van der Waals surface area contributed by atoms with Gasteiger partial charge in [0.2, 0.25) is 0 Å². The van der Waals surface area contributed by atoms with E-state index in [1.807, 2.05) is 49.6 Å². The van der Waals surface area contributed by atoms with E-state index in [4.69, 9.17) is 0 Å². The maximum atomic E-state index is 12.8. The molecule has 25 heavy (non-hydrogen) atoms. The lowest BCUT2D eigenvalue weighted by molar-refractivity contribution is -0.113. The highest BCUT2D eigenvalue weighted by atomic mass is 16.1. The summed E-state index contributed by atoms with van der Waals surface area (Å²) in [6.07, 6.45) is 8.35. The molecule has 0 aliphatic carbocycles. The fourth-order valence-corrected chi connectivity index (χ4v) is 3.00. The van der Waals surface area contributed by atoms with Crippen molar-refractivity contribution in [1.29, 1.82) is 0 Å². The molecule has 0 fully saturated rings. The zero-order valence-corrected chi connectivity index (χ0v) is 15.4. The Bertz CT molecular complexity index is 688. The minimum Gasteiger partial charge on any atom is -0.393 e. The van der Waals surface area contributed by atoms with E-state index in [1.165, 1.54) is 31.2 Å². The first-order chi connectivity index (χ1) is 12.2. The molecule has 0 radical (unpaired) electrons. The van der Waals surface area contributed by atoms with Gasteiger partial charge in [0.15, 0.2) is 5.78 Å². The first-order valence-corrected chi connectivity index (χ1v) is 9.28. The summed E-state index contributed by atoms with van der Waals surface area (Å²) in [5.74, 6) is 0.142. The van der Waals surface area contributed by atoms with Crippen LogP contribution in [-0.4, -0.2) is 12.8 Å². The molecule has 1 N–H and O–H groups in total. The molecule has 132 valence electrons. The van der Waals surface area contributed by atoms with Crippen LogP contribution in [0.4, 0.5) is 0 Å². The lowest BCUT2D eigenvalue weighted by Gasteiger charge is -2.10. The van der Waals surface area contributed by atoms with Gasteiger partial charge in [-0.1, -0.05) is 80.8 Å². The fraction of sp³-hybridized carbons (Fsp3) is 0.348. The van der Waals surface area contributed by atoms with Crippen LogP contribution in [-0.2, 0) is 17.6 Å². The molecule has 2 aromatic carbocycles. The molecule has 0 aliphatic heterocycles. The third kappa shape index (κ3) is 6.22. The molecule has 0 unspecified atom stereocenters. The summed E-state index contributed by atoms with van der Waals surface area (Å²) in [5, 5.41) is 3.03. The Kier molecular flexibility index (Phi) is 7.97. The molecule has 0 aliphatic rings. The predicted molar refractivity (Wildman–Crippen MR) is 106 cm³/mol. The molecule has 0 atom stereocenters. The number of carbonyl (C=O) groups excluding carboxylic acids is 1. The third-order valence-electron chi connectivity index (χ3n) is 4.35. The van der Waals surface area contributed by atoms with E-state index in [0.717, 1.165) is 23.1 Å². The topological polar surface area (TPSA) is 29.1 Å². The molecule has 0 saturated carbocycles. The van der Waals surface area contributed by atoms with E-state index in [-0.39, 0.29) is 5.78 Å². The Morgan fingerprint density at radius 2 is 1.72 bits per heavy atom. The van der Waals surface area contributed by atoms with Crippen molar-refractivity contribution < 1.29 is 4.79 Å². The smallest absolute Gasteiger partial charge is 0.169 e. The third-order valence-corrected chi connectivity index (χ3v) is 4.35. The summed E-state index contributed by atoms with van der Waals surface area (Å²) in [5.41, 5.74) is 4.11. The van der Waals surface area contributed by atoms with E-state index >= 15 is 0 Å². The summed E-state index contributed by atoms with van der Waals surface area (Å²) in [7, 11) is 1.84. The van der Waals surface area contributed by atoms with Crippen molar-refractivity contribution in [3.63, 3.8) is 0 Å². The molecule has 2 nitrogen and oxygen atoms in total. The molecular weight excluding hydrogens is 306 g/mol. The second-order valence-corrected chi connectivity index (χ2v) is 6.44. The van der Waals surface area contributed by atoms with Crippen LogP contribution in [0.1, 0.15) is 49.3 Å². The Balaban J connectivity index is 2.11. The van der Waals surface area contributed by atoms with E-state index in [0.29, 0.717) is 6.42 Å². The van der Waals surface area contributed by atoms with Crippen LogP contribution >= 0.6 is 0 Å². The number of unbranched alkanes of at least 4 members (excludes halogenated alkanes) is 3. The number of nitrogens with one attached hydrogen (secondary N) is 1. The van der Waals surface area contributed by atoms with Crippen molar-refractivity contribution >= 4 is 11.4 Å². The van der Waals surface area contributed by atoms with Crippen molar-refractivity contribution in [1.82, 2.24) is 5.32 Å². The molecule has 0 bridgehead atoms. The monoisotopic (exact) mass is 335 g/mol. The quantitative estimate of drug-likeness (QED) is 0.479. The van der Waals surface area contributed by atoms with Gasteiger partial charge in [-0.3, -0.25) is 4.79 Å². The second kappa shape index (κ2) is 10.5. The Morgan fingerprint density at radius 3 is 2.44 bits per heavy atom. The standard InChI is InChI=1S/C23H29NO/c1-3-4-5-7-11-19-14-10-15-21(16-19)22(18-24-2)23(25)17-20-12-8-6-9-13-20/h6,8-10,12-16,18,24H,3-5,7,11,17H2,1-2H3. The van der Waals surface area contributed by atoms with Gasteiger partial charge in [-0.2, -0.15) is 0 Å².